The smallest absolute Gasteiger partial charge is 0.414 e. The maximum atomic E-state index is 14.6. The normalized spacial score (nSPS) is 30.9. The van der Waals surface area contributed by atoms with Crippen LogP contribution in [0.1, 0.15) is 18.9 Å². The molecule has 3 aliphatic rings. The third kappa shape index (κ3) is 2.43. The maximum Gasteiger partial charge on any atom is 0.414 e. The van der Waals surface area contributed by atoms with Crippen LogP contribution in [-0.2, 0) is 14.9 Å². The van der Waals surface area contributed by atoms with Gasteiger partial charge in [0.05, 0.1) is 18.8 Å². The third-order valence-corrected chi connectivity index (χ3v) is 5.32. The van der Waals surface area contributed by atoms with Gasteiger partial charge in [0.1, 0.15) is 11.9 Å². The molecule has 0 bridgehead atoms. The molecule has 3 atom stereocenters. The quantitative estimate of drug-likeness (QED) is 0.867. The average Bonchev–Trinajstić information content (AvgIpc) is 2.89. The molecule has 7 heteroatoms. The first-order valence-electron chi connectivity index (χ1n) is 8.23. The van der Waals surface area contributed by atoms with E-state index < -0.39 is 12.2 Å². The number of cyclic esters (lactones) is 1. The molecule has 0 spiro atoms. The van der Waals surface area contributed by atoms with Crippen LogP contribution in [0, 0.1) is 11.7 Å². The summed E-state index contributed by atoms with van der Waals surface area (Å²) < 4.78 is 19.9. The largest absolute Gasteiger partial charge is 0.442 e. The molecule has 1 aromatic rings. The van der Waals surface area contributed by atoms with E-state index in [1.807, 2.05) is 0 Å². The molecule has 2 unspecified atom stereocenters. The number of fused-ring (bicyclic) bond motifs is 1. The van der Waals surface area contributed by atoms with Crippen molar-refractivity contribution in [1.29, 1.82) is 0 Å². The Kier molecular flexibility index (Phi) is 3.49. The average molecular weight is 333 g/mol. The van der Waals surface area contributed by atoms with E-state index in [0.29, 0.717) is 18.2 Å². The molecule has 128 valence electrons. The lowest BCUT2D eigenvalue weighted by Crippen LogP contribution is -2.33. The predicted molar refractivity (Wildman–Crippen MR) is 85.4 cm³/mol. The van der Waals surface area contributed by atoms with Crippen LogP contribution in [0.15, 0.2) is 18.2 Å². The summed E-state index contributed by atoms with van der Waals surface area (Å²) in [5, 5.41) is 5.93. The van der Waals surface area contributed by atoms with Crippen LogP contribution in [-0.4, -0.2) is 44.3 Å². The van der Waals surface area contributed by atoms with E-state index in [-0.39, 0.29) is 23.7 Å². The number of piperidine rings is 1. The van der Waals surface area contributed by atoms with Crippen molar-refractivity contribution in [3.05, 3.63) is 29.6 Å². The second kappa shape index (κ2) is 5.44. The van der Waals surface area contributed by atoms with Crippen LogP contribution >= 0.6 is 0 Å². The highest BCUT2D eigenvalue weighted by Gasteiger charge is 2.59. The Labute approximate surface area is 139 Å². The highest BCUT2D eigenvalue weighted by atomic mass is 19.1. The second-order valence-corrected chi connectivity index (χ2v) is 6.91. The van der Waals surface area contributed by atoms with Gasteiger partial charge in [-0.1, -0.05) is 6.07 Å². The Morgan fingerprint density at radius 1 is 1.54 bits per heavy atom. The van der Waals surface area contributed by atoms with E-state index >= 15 is 0 Å². The Morgan fingerprint density at radius 3 is 3.00 bits per heavy atom. The van der Waals surface area contributed by atoms with Crippen LogP contribution in [0.4, 0.5) is 14.9 Å². The van der Waals surface area contributed by atoms with Gasteiger partial charge in [-0.05, 0) is 36.6 Å². The number of benzene rings is 1. The summed E-state index contributed by atoms with van der Waals surface area (Å²) in [7, 11) is 0. The highest BCUT2D eigenvalue weighted by Crippen LogP contribution is 2.57. The molecule has 24 heavy (non-hydrogen) atoms. The highest BCUT2D eigenvalue weighted by molar-refractivity contribution is 5.89. The standard InChI is InChI=1S/C17H20FN3O3/c1-10(22)20-7-13-8-21(16(23)24-13)12-2-3-14(15(18)4-12)17-5-11(17)6-19-9-17/h2-4,11,13,19H,5-9H2,1H3,(H,20,22)/t11?,13-,17?/m0/s1. The number of halogens is 1. The molecule has 3 fully saturated rings. The topological polar surface area (TPSA) is 70.7 Å². The van der Waals surface area contributed by atoms with Crippen LogP contribution in [0.5, 0.6) is 0 Å². The molecule has 0 radical (unpaired) electrons. The van der Waals surface area contributed by atoms with Crippen molar-refractivity contribution in [3.63, 3.8) is 0 Å². The number of rotatable bonds is 4. The molecule has 2 amide bonds. The molecule has 0 aromatic heterocycles. The third-order valence-electron chi connectivity index (χ3n) is 5.32. The lowest BCUT2D eigenvalue weighted by Gasteiger charge is -2.17. The van der Waals surface area contributed by atoms with E-state index in [1.54, 1.807) is 12.1 Å². The first kappa shape index (κ1) is 15.4. The number of anilines is 1. The fourth-order valence-electron chi connectivity index (χ4n) is 3.93. The summed E-state index contributed by atoms with van der Waals surface area (Å²) >= 11 is 0. The summed E-state index contributed by atoms with van der Waals surface area (Å²) in [5.41, 5.74) is 1.18. The second-order valence-electron chi connectivity index (χ2n) is 6.91. The molecule has 1 saturated carbocycles. The zero-order chi connectivity index (χ0) is 16.9. The summed E-state index contributed by atoms with van der Waals surface area (Å²) in [4.78, 5) is 24.4. The molecular weight excluding hydrogens is 313 g/mol. The Bertz CT molecular complexity index is 710. The number of amides is 2. The summed E-state index contributed by atoms with van der Waals surface area (Å²) in [6, 6.07) is 4.99. The van der Waals surface area contributed by atoms with Gasteiger partial charge in [0, 0.05) is 18.9 Å². The van der Waals surface area contributed by atoms with Crippen molar-refractivity contribution in [3.8, 4) is 0 Å². The molecule has 2 N–H and O–H groups in total. The number of hydrogen-bond donors (Lipinski definition) is 2. The Hall–Kier alpha value is -2.15. The molecular formula is C17H20FN3O3. The van der Waals surface area contributed by atoms with Gasteiger partial charge in [0.2, 0.25) is 5.91 Å². The lowest BCUT2D eigenvalue weighted by atomic mass is 9.94. The number of hydrogen-bond acceptors (Lipinski definition) is 4. The van der Waals surface area contributed by atoms with Crippen molar-refractivity contribution in [2.75, 3.05) is 31.1 Å². The van der Waals surface area contributed by atoms with E-state index in [4.69, 9.17) is 4.74 Å². The van der Waals surface area contributed by atoms with Gasteiger partial charge in [-0.3, -0.25) is 9.69 Å². The van der Waals surface area contributed by atoms with Gasteiger partial charge >= 0.3 is 6.09 Å². The maximum absolute atomic E-state index is 14.6. The summed E-state index contributed by atoms with van der Waals surface area (Å²) in [6.45, 7) is 3.73. The minimum absolute atomic E-state index is 0.0535. The Morgan fingerprint density at radius 2 is 2.38 bits per heavy atom. The van der Waals surface area contributed by atoms with Gasteiger partial charge in [-0.25, -0.2) is 9.18 Å². The number of carbonyl (C=O) groups is 2. The molecule has 4 rings (SSSR count). The van der Waals surface area contributed by atoms with Crippen LogP contribution in [0.3, 0.4) is 0 Å². The van der Waals surface area contributed by atoms with Crippen molar-refractivity contribution in [1.82, 2.24) is 10.6 Å². The van der Waals surface area contributed by atoms with Gasteiger partial charge < -0.3 is 15.4 Å². The zero-order valence-corrected chi connectivity index (χ0v) is 13.5. The van der Waals surface area contributed by atoms with Crippen LogP contribution < -0.4 is 15.5 Å². The predicted octanol–water partition coefficient (Wildman–Crippen LogP) is 1.15. The van der Waals surface area contributed by atoms with E-state index in [0.717, 1.165) is 25.1 Å². The van der Waals surface area contributed by atoms with Gasteiger partial charge in [0.25, 0.3) is 0 Å². The van der Waals surface area contributed by atoms with E-state index in [1.165, 1.54) is 17.9 Å². The fraction of sp³-hybridized carbons (Fsp3) is 0.529. The minimum atomic E-state index is -0.512. The van der Waals surface area contributed by atoms with Crippen molar-refractivity contribution in [2.24, 2.45) is 5.92 Å². The molecule has 2 saturated heterocycles. The first-order chi connectivity index (χ1) is 11.5. The molecule has 1 aromatic carbocycles. The molecule has 1 aliphatic carbocycles. The number of ether oxygens (including phenoxy) is 1. The van der Waals surface area contributed by atoms with Crippen molar-refractivity contribution >= 4 is 17.7 Å². The minimum Gasteiger partial charge on any atom is -0.442 e. The van der Waals surface area contributed by atoms with Gasteiger partial charge in [-0.2, -0.15) is 0 Å². The van der Waals surface area contributed by atoms with Crippen LogP contribution in [0.2, 0.25) is 0 Å². The summed E-state index contributed by atoms with van der Waals surface area (Å²) in [6.07, 6.45) is 0.0953. The van der Waals surface area contributed by atoms with Crippen molar-refractivity contribution in [2.45, 2.75) is 24.9 Å². The molecule has 2 aliphatic heterocycles. The molecule has 6 nitrogen and oxygen atoms in total. The number of carbonyl (C=O) groups excluding carboxylic acids is 2. The SMILES string of the molecule is CC(=O)NC[C@H]1CN(c2ccc(C34CNCC3C4)c(F)c2)C(=O)O1. The lowest BCUT2D eigenvalue weighted by molar-refractivity contribution is -0.119. The number of nitrogens with zero attached hydrogens (tertiary/aromatic N) is 1. The van der Waals surface area contributed by atoms with E-state index in [2.05, 4.69) is 10.6 Å². The Balaban J connectivity index is 1.50. The van der Waals surface area contributed by atoms with Gasteiger partial charge in [-0.15, -0.1) is 0 Å². The molecule has 2 heterocycles. The fourth-order valence-corrected chi connectivity index (χ4v) is 3.93. The van der Waals surface area contributed by atoms with E-state index in [9.17, 15) is 14.0 Å². The number of nitrogens with one attached hydrogen (secondary N) is 2. The van der Waals surface area contributed by atoms with Crippen molar-refractivity contribution < 1.29 is 18.7 Å². The van der Waals surface area contributed by atoms with Crippen LogP contribution in [0.25, 0.3) is 0 Å². The monoisotopic (exact) mass is 333 g/mol. The summed E-state index contributed by atoms with van der Waals surface area (Å²) in [5.74, 6) is 0.0803. The van der Waals surface area contributed by atoms with Gasteiger partial charge in [0.15, 0.2) is 0 Å². The first-order valence-corrected chi connectivity index (χ1v) is 8.23. The zero-order valence-electron chi connectivity index (χ0n) is 13.5.